The number of fused-ring (bicyclic) bond motifs is 1. The van der Waals surface area contributed by atoms with E-state index in [0.717, 1.165) is 5.56 Å². The van der Waals surface area contributed by atoms with Crippen molar-refractivity contribution in [2.24, 2.45) is 0 Å². The number of alkyl halides is 3. The van der Waals surface area contributed by atoms with E-state index in [2.05, 4.69) is 0 Å². The first kappa shape index (κ1) is 16.7. The van der Waals surface area contributed by atoms with Crippen LogP contribution < -0.4 is 0 Å². The minimum absolute atomic E-state index is 0.000217. The third-order valence-electron chi connectivity index (χ3n) is 5.00. The summed E-state index contributed by atoms with van der Waals surface area (Å²) in [6.07, 6.45) is -2.17. The Kier molecular flexibility index (Phi) is 4.67. The molecule has 2 fully saturated rings. The molecule has 0 aromatic heterocycles. The molecule has 2 saturated heterocycles. The summed E-state index contributed by atoms with van der Waals surface area (Å²) in [4.78, 5) is 1.54. The summed E-state index contributed by atoms with van der Waals surface area (Å²) >= 11 is 0. The van der Waals surface area contributed by atoms with Gasteiger partial charge in [0.05, 0.1) is 12.6 Å². The Morgan fingerprint density at radius 2 is 2.00 bits per heavy atom. The van der Waals surface area contributed by atoms with Crippen molar-refractivity contribution in [2.45, 2.75) is 56.1 Å². The van der Waals surface area contributed by atoms with Crippen LogP contribution in [-0.2, 0) is 4.74 Å². The Morgan fingerprint density at radius 3 is 2.65 bits per heavy atom. The van der Waals surface area contributed by atoms with Gasteiger partial charge in [-0.2, -0.15) is 13.2 Å². The lowest BCUT2D eigenvalue weighted by molar-refractivity contribution is -0.322. The standard InChI is InChI=1S/C17H22F3NO2/c18-17(19,20)16-10-4-8-14(9-5-11-22)21(16)15(12-23-16)13-6-2-1-3-7-13/h1-3,6-7,14-15,22H,4-5,8-12H2/t14-,15+,16-/m0/s1. The van der Waals surface area contributed by atoms with E-state index in [1.54, 1.807) is 4.90 Å². The average molecular weight is 329 g/mol. The fourth-order valence-corrected chi connectivity index (χ4v) is 4.00. The van der Waals surface area contributed by atoms with Crippen LogP contribution in [0.15, 0.2) is 30.3 Å². The normalized spacial score (nSPS) is 32.0. The summed E-state index contributed by atoms with van der Waals surface area (Å²) in [5, 5.41) is 9.07. The van der Waals surface area contributed by atoms with Gasteiger partial charge in [0.25, 0.3) is 0 Å². The molecule has 0 amide bonds. The Labute approximate surface area is 134 Å². The molecule has 1 aromatic rings. The summed E-state index contributed by atoms with van der Waals surface area (Å²) < 4.78 is 47.0. The molecule has 0 unspecified atom stereocenters. The zero-order valence-electron chi connectivity index (χ0n) is 12.9. The van der Waals surface area contributed by atoms with E-state index in [1.165, 1.54) is 0 Å². The van der Waals surface area contributed by atoms with Gasteiger partial charge in [0.15, 0.2) is 0 Å². The first-order chi connectivity index (χ1) is 11.0. The zero-order valence-corrected chi connectivity index (χ0v) is 12.9. The maximum Gasteiger partial charge on any atom is 0.431 e. The zero-order chi connectivity index (χ0) is 16.5. The van der Waals surface area contributed by atoms with E-state index in [4.69, 9.17) is 9.84 Å². The van der Waals surface area contributed by atoms with E-state index < -0.39 is 11.9 Å². The lowest BCUT2D eigenvalue weighted by Gasteiger charge is -2.48. The third-order valence-corrected chi connectivity index (χ3v) is 5.00. The predicted molar refractivity (Wildman–Crippen MR) is 79.7 cm³/mol. The van der Waals surface area contributed by atoms with Crippen molar-refractivity contribution in [1.29, 1.82) is 0 Å². The lowest BCUT2D eigenvalue weighted by Crippen LogP contribution is -2.62. The average Bonchev–Trinajstić information content (AvgIpc) is 2.95. The number of nitrogens with zero attached hydrogens (tertiary/aromatic N) is 1. The minimum atomic E-state index is -4.42. The molecule has 128 valence electrons. The highest BCUT2D eigenvalue weighted by molar-refractivity contribution is 5.22. The smallest absolute Gasteiger partial charge is 0.396 e. The second-order valence-corrected chi connectivity index (χ2v) is 6.34. The minimum Gasteiger partial charge on any atom is -0.396 e. The van der Waals surface area contributed by atoms with Gasteiger partial charge in [-0.05, 0) is 37.7 Å². The molecule has 0 aliphatic carbocycles. The fraction of sp³-hybridized carbons (Fsp3) is 0.647. The highest BCUT2D eigenvalue weighted by atomic mass is 19.4. The van der Waals surface area contributed by atoms with E-state index in [9.17, 15) is 13.2 Å². The molecule has 23 heavy (non-hydrogen) atoms. The number of aliphatic hydroxyl groups is 1. The molecule has 0 spiro atoms. The van der Waals surface area contributed by atoms with Crippen molar-refractivity contribution in [2.75, 3.05) is 13.2 Å². The molecule has 3 atom stereocenters. The van der Waals surface area contributed by atoms with Crippen LogP contribution >= 0.6 is 0 Å². The molecule has 0 radical (unpaired) electrons. The summed E-state index contributed by atoms with van der Waals surface area (Å²) in [6.45, 7) is 0.0549. The van der Waals surface area contributed by atoms with Crippen LogP contribution in [0.1, 0.15) is 43.7 Å². The molecule has 2 heterocycles. The highest BCUT2D eigenvalue weighted by Gasteiger charge is 2.67. The number of benzene rings is 1. The Hall–Kier alpha value is -1.11. The quantitative estimate of drug-likeness (QED) is 0.915. The first-order valence-corrected chi connectivity index (χ1v) is 8.14. The molecule has 3 rings (SSSR count). The van der Waals surface area contributed by atoms with Crippen molar-refractivity contribution in [3.63, 3.8) is 0 Å². The SMILES string of the molecule is OCCC[C@@H]1CCC[C@@]2(C(F)(F)F)OC[C@H](c3ccccc3)N12. The second-order valence-electron chi connectivity index (χ2n) is 6.34. The van der Waals surface area contributed by atoms with Crippen LogP contribution in [0.25, 0.3) is 0 Å². The molecular weight excluding hydrogens is 307 g/mol. The Balaban J connectivity index is 1.97. The van der Waals surface area contributed by atoms with E-state index in [1.807, 2.05) is 30.3 Å². The van der Waals surface area contributed by atoms with E-state index in [-0.39, 0.29) is 31.7 Å². The summed E-state index contributed by atoms with van der Waals surface area (Å²) in [5.74, 6) is 0. The van der Waals surface area contributed by atoms with Crippen molar-refractivity contribution in [3.05, 3.63) is 35.9 Å². The number of hydrogen-bond donors (Lipinski definition) is 1. The van der Waals surface area contributed by atoms with Crippen LogP contribution in [0, 0.1) is 0 Å². The molecule has 0 bridgehead atoms. The Bertz CT molecular complexity index is 522. The maximum atomic E-state index is 13.9. The van der Waals surface area contributed by atoms with Gasteiger partial charge in [-0.25, -0.2) is 0 Å². The van der Waals surface area contributed by atoms with Gasteiger partial charge >= 0.3 is 6.18 Å². The van der Waals surface area contributed by atoms with Gasteiger partial charge in [-0.1, -0.05) is 30.3 Å². The van der Waals surface area contributed by atoms with Crippen molar-refractivity contribution in [3.8, 4) is 0 Å². The molecular formula is C17H22F3NO2. The lowest BCUT2D eigenvalue weighted by atomic mass is 9.88. The number of halogens is 3. The van der Waals surface area contributed by atoms with Gasteiger partial charge < -0.3 is 9.84 Å². The third kappa shape index (κ3) is 2.88. The summed E-state index contributed by atoms with van der Waals surface area (Å²) in [6, 6.07) is 8.66. The summed E-state index contributed by atoms with van der Waals surface area (Å²) in [7, 11) is 0. The van der Waals surface area contributed by atoms with Gasteiger partial charge in [0.1, 0.15) is 0 Å². The number of piperidine rings is 1. The number of rotatable bonds is 4. The van der Waals surface area contributed by atoms with Crippen molar-refractivity contribution in [1.82, 2.24) is 4.90 Å². The first-order valence-electron chi connectivity index (χ1n) is 8.14. The molecule has 6 heteroatoms. The molecule has 2 aliphatic rings. The van der Waals surface area contributed by atoms with Crippen LogP contribution in [0.4, 0.5) is 13.2 Å². The van der Waals surface area contributed by atoms with E-state index >= 15 is 0 Å². The van der Waals surface area contributed by atoms with Gasteiger partial charge in [0.2, 0.25) is 5.72 Å². The molecule has 3 nitrogen and oxygen atoms in total. The van der Waals surface area contributed by atoms with Gasteiger partial charge in [0, 0.05) is 12.6 Å². The maximum absolute atomic E-state index is 13.9. The van der Waals surface area contributed by atoms with Crippen molar-refractivity contribution >= 4 is 0 Å². The highest BCUT2D eigenvalue weighted by Crippen LogP contribution is 2.53. The number of ether oxygens (including phenoxy) is 1. The Morgan fingerprint density at radius 1 is 1.26 bits per heavy atom. The predicted octanol–water partition coefficient (Wildman–Crippen LogP) is 3.64. The second kappa shape index (κ2) is 6.42. The van der Waals surface area contributed by atoms with Crippen LogP contribution in [0.2, 0.25) is 0 Å². The number of hydrogen-bond acceptors (Lipinski definition) is 3. The monoisotopic (exact) mass is 329 g/mol. The number of aliphatic hydroxyl groups excluding tert-OH is 1. The topological polar surface area (TPSA) is 32.7 Å². The molecule has 0 saturated carbocycles. The van der Waals surface area contributed by atoms with Crippen LogP contribution in [-0.4, -0.2) is 41.2 Å². The van der Waals surface area contributed by atoms with Crippen LogP contribution in [0.5, 0.6) is 0 Å². The molecule has 1 N–H and O–H groups in total. The fourth-order valence-electron chi connectivity index (χ4n) is 4.00. The van der Waals surface area contributed by atoms with E-state index in [0.29, 0.717) is 25.7 Å². The van der Waals surface area contributed by atoms with Gasteiger partial charge in [-0.3, -0.25) is 4.90 Å². The molecule has 1 aromatic carbocycles. The van der Waals surface area contributed by atoms with Gasteiger partial charge in [-0.15, -0.1) is 0 Å². The summed E-state index contributed by atoms with van der Waals surface area (Å²) in [5.41, 5.74) is -1.32. The van der Waals surface area contributed by atoms with Crippen LogP contribution in [0.3, 0.4) is 0 Å². The molecule has 2 aliphatic heterocycles. The van der Waals surface area contributed by atoms with Crippen molar-refractivity contribution < 1.29 is 23.0 Å². The largest absolute Gasteiger partial charge is 0.431 e.